The van der Waals surface area contributed by atoms with Crippen LogP contribution < -0.4 is 10.2 Å². The molecular formula is C18H16ClN3O. The molecule has 1 N–H and O–H groups in total. The van der Waals surface area contributed by atoms with E-state index in [9.17, 15) is 4.79 Å². The minimum atomic E-state index is 0.190. The summed E-state index contributed by atoms with van der Waals surface area (Å²) in [6, 6.07) is 15.3. The van der Waals surface area contributed by atoms with Crippen molar-refractivity contribution in [3.63, 3.8) is 0 Å². The lowest BCUT2D eigenvalue weighted by Gasteiger charge is -2.16. The van der Waals surface area contributed by atoms with E-state index >= 15 is 0 Å². The predicted octanol–water partition coefficient (Wildman–Crippen LogP) is 3.95. The molecule has 23 heavy (non-hydrogen) atoms. The number of hydrogen-bond donors (Lipinski definition) is 1. The Balaban J connectivity index is 1.67. The zero-order valence-corrected chi connectivity index (χ0v) is 13.3. The molecule has 1 aliphatic heterocycles. The van der Waals surface area contributed by atoms with E-state index < -0.39 is 0 Å². The number of nitrogens with zero attached hydrogens (tertiary/aromatic N) is 2. The van der Waals surface area contributed by atoms with Crippen LogP contribution in [-0.4, -0.2) is 12.5 Å². The number of hydrogen-bond acceptors (Lipinski definition) is 3. The van der Waals surface area contributed by atoms with Gasteiger partial charge in [-0.1, -0.05) is 23.7 Å². The highest BCUT2D eigenvalue weighted by Crippen LogP contribution is 2.23. The second kappa shape index (κ2) is 6.72. The number of rotatable bonds is 4. The van der Waals surface area contributed by atoms with Crippen LogP contribution in [0.4, 0.5) is 11.4 Å². The summed E-state index contributed by atoms with van der Waals surface area (Å²) in [5.74, 6) is 0.190. The molecule has 2 aromatic rings. The summed E-state index contributed by atoms with van der Waals surface area (Å²) in [5.41, 5.74) is 3.31. The van der Waals surface area contributed by atoms with Gasteiger partial charge >= 0.3 is 0 Å². The van der Waals surface area contributed by atoms with E-state index in [0.717, 1.165) is 29.9 Å². The maximum absolute atomic E-state index is 11.7. The number of nitrogens with one attached hydrogen (secondary N) is 1. The van der Waals surface area contributed by atoms with Gasteiger partial charge in [-0.25, -0.2) is 0 Å². The van der Waals surface area contributed by atoms with Crippen molar-refractivity contribution in [3.05, 3.63) is 58.6 Å². The molecule has 0 atom stereocenters. The molecule has 3 rings (SSSR count). The summed E-state index contributed by atoms with van der Waals surface area (Å²) in [6.07, 6.45) is 1.56. The Kier molecular flexibility index (Phi) is 4.50. The highest BCUT2D eigenvalue weighted by Gasteiger charge is 2.21. The van der Waals surface area contributed by atoms with Gasteiger partial charge < -0.3 is 10.2 Å². The largest absolute Gasteiger partial charge is 0.380 e. The van der Waals surface area contributed by atoms with Gasteiger partial charge in [-0.3, -0.25) is 4.79 Å². The lowest BCUT2D eigenvalue weighted by atomic mass is 10.1. The molecular weight excluding hydrogens is 310 g/mol. The first-order valence-electron chi connectivity index (χ1n) is 7.50. The quantitative estimate of drug-likeness (QED) is 0.926. The maximum atomic E-state index is 11.7. The summed E-state index contributed by atoms with van der Waals surface area (Å²) in [6.45, 7) is 1.40. The molecule has 1 saturated heterocycles. The highest BCUT2D eigenvalue weighted by atomic mass is 35.5. The third-order valence-electron chi connectivity index (χ3n) is 3.91. The molecule has 1 fully saturated rings. The van der Waals surface area contributed by atoms with Gasteiger partial charge in [0.2, 0.25) is 5.91 Å². The maximum Gasteiger partial charge on any atom is 0.227 e. The third-order valence-corrected chi connectivity index (χ3v) is 4.14. The molecule has 2 aromatic carbocycles. The molecule has 0 aliphatic carbocycles. The van der Waals surface area contributed by atoms with Crippen molar-refractivity contribution in [2.45, 2.75) is 19.4 Å². The summed E-state index contributed by atoms with van der Waals surface area (Å²) in [7, 11) is 0. The van der Waals surface area contributed by atoms with Crippen LogP contribution in [0.2, 0.25) is 5.02 Å². The fourth-order valence-corrected chi connectivity index (χ4v) is 2.85. The Morgan fingerprint density at radius 3 is 2.65 bits per heavy atom. The Bertz CT molecular complexity index is 765. The van der Waals surface area contributed by atoms with Crippen LogP contribution in [0.15, 0.2) is 42.5 Å². The molecule has 0 radical (unpaired) electrons. The Morgan fingerprint density at radius 1 is 1.22 bits per heavy atom. The molecule has 116 valence electrons. The summed E-state index contributed by atoms with van der Waals surface area (Å²) >= 11 is 5.89. The van der Waals surface area contributed by atoms with Gasteiger partial charge in [0.25, 0.3) is 0 Å². The first kappa shape index (κ1) is 15.4. The summed E-state index contributed by atoms with van der Waals surface area (Å²) in [4.78, 5) is 13.6. The zero-order chi connectivity index (χ0) is 16.2. The van der Waals surface area contributed by atoms with Crippen molar-refractivity contribution in [2.24, 2.45) is 0 Å². The molecule has 0 aromatic heterocycles. The van der Waals surface area contributed by atoms with Gasteiger partial charge in [-0.2, -0.15) is 5.26 Å². The first-order chi connectivity index (χ1) is 11.2. The molecule has 1 aliphatic rings. The highest BCUT2D eigenvalue weighted by molar-refractivity contribution is 6.30. The van der Waals surface area contributed by atoms with Gasteiger partial charge in [0.1, 0.15) is 6.07 Å². The van der Waals surface area contributed by atoms with E-state index in [4.69, 9.17) is 16.9 Å². The molecule has 5 heteroatoms. The second-order valence-corrected chi connectivity index (χ2v) is 5.91. The lowest BCUT2D eigenvalue weighted by molar-refractivity contribution is -0.117. The fourth-order valence-electron chi connectivity index (χ4n) is 2.68. The van der Waals surface area contributed by atoms with Gasteiger partial charge in [0, 0.05) is 30.2 Å². The smallest absolute Gasteiger partial charge is 0.227 e. The van der Waals surface area contributed by atoms with E-state index in [2.05, 4.69) is 11.4 Å². The Morgan fingerprint density at radius 2 is 2.00 bits per heavy atom. The van der Waals surface area contributed by atoms with Gasteiger partial charge in [0.15, 0.2) is 0 Å². The number of anilines is 2. The number of carbonyl (C=O) groups is 1. The number of halogens is 1. The van der Waals surface area contributed by atoms with Crippen LogP contribution in [0.1, 0.15) is 24.0 Å². The molecule has 1 amide bonds. The third kappa shape index (κ3) is 3.46. The van der Waals surface area contributed by atoms with Crippen molar-refractivity contribution in [2.75, 3.05) is 16.8 Å². The van der Waals surface area contributed by atoms with Crippen molar-refractivity contribution in [1.82, 2.24) is 0 Å². The first-order valence-corrected chi connectivity index (χ1v) is 7.88. The van der Waals surface area contributed by atoms with Gasteiger partial charge in [-0.05, 0) is 42.3 Å². The normalized spacial score (nSPS) is 13.9. The molecule has 0 saturated carbocycles. The zero-order valence-electron chi connectivity index (χ0n) is 12.6. The van der Waals surface area contributed by atoms with E-state index in [1.807, 2.05) is 29.2 Å². The number of nitriles is 1. The topological polar surface area (TPSA) is 56.1 Å². The van der Waals surface area contributed by atoms with E-state index in [1.54, 1.807) is 18.2 Å². The monoisotopic (exact) mass is 325 g/mol. The Hall–Kier alpha value is -2.51. The Labute approximate surface area is 140 Å². The molecule has 4 nitrogen and oxygen atoms in total. The van der Waals surface area contributed by atoms with Crippen molar-refractivity contribution in [3.8, 4) is 6.07 Å². The minimum absolute atomic E-state index is 0.190. The number of benzene rings is 2. The lowest BCUT2D eigenvalue weighted by Crippen LogP contribution is -2.23. The average Bonchev–Trinajstić information content (AvgIpc) is 3.00. The summed E-state index contributed by atoms with van der Waals surface area (Å²) < 4.78 is 0. The van der Waals surface area contributed by atoms with E-state index in [-0.39, 0.29) is 5.91 Å². The van der Waals surface area contributed by atoms with Crippen molar-refractivity contribution in [1.29, 1.82) is 5.26 Å². The van der Waals surface area contributed by atoms with Crippen LogP contribution >= 0.6 is 11.6 Å². The van der Waals surface area contributed by atoms with E-state index in [1.165, 1.54) is 0 Å². The van der Waals surface area contributed by atoms with Crippen molar-refractivity contribution >= 4 is 28.9 Å². The predicted molar refractivity (Wildman–Crippen MR) is 91.5 cm³/mol. The molecule has 0 spiro atoms. The SMILES string of the molecule is N#Cc1cc(Cl)ccc1NCc1ccc(N2CCCC2=O)cc1. The van der Waals surface area contributed by atoms with Gasteiger partial charge in [-0.15, -0.1) is 0 Å². The van der Waals surface area contributed by atoms with Crippen LogP contribution in [-0.2, 0) is 11.3 Å². The van der Waals surface area contributed by atoms with Crippen LogP contribution in [0.25, 0.3) is 0 Å². The number of carbonyl (C=O) groups excluding carboxylic acids is 1. The summed E-state index contributed by atoms with van der Waals surface area (Å²) in [5, 5.41) is 12.9. The second-order valence-electron chi connectivity index (χ2n) is 5.47. The molecule has 1 heterocycles. The van der Waals surface area contributed by atoms with E-state index in [0.29, 0.717) is 23.6 Å². The van der Waals surface area contributed by atoms with Gasteiger partial charge in [0.05, 0.1) is 11.3 Å². The molecule has 0 bridgehead atoms. The number of amides is 1. The van der Waals surface area contributed by atoms with Crippen LogP contribution in [0.5, 0.6) is 0 Å². The van der Waals surface area contributed by atoms with Crippen molar-refractivity contribution < 1.29 is 4.79 Å². The van der Waals surface area contributed by atoms with Crippen LogP contribution in [0, 0.1) is 11.3 Å². The average molecular weight is 326 g/mol. The fraction of sp³-hybridized carbons (Fsp3) is 0.222. The standard InChI is InChI=1S/C18H16ClN3O/c19-15-5-8-17(14(10-15)11-20)21-12-13-3-6-16(7-4-13)22-9-1-2-18(22)23/h3-8,10,21H,1-2,9,12H2. The minimum Gasteiger partial charge on any atom is -0.380 e. The van der Waals surface area contributed by atoms with Crippen LogP contribution in [0.3, 0.4) is 0 Å². The molecule has 0 unspecified atom stereocenters.